The van der Waals surface area contributed by atoms with E-state index in [4.69, 9.17) is 4.74 Å². The van der Waals surface area contributed by atoms with E-state index in [2.05, 4.69) is 0 Å². The molecule has 0 fully saturated rings. The molecule has 2 aromatic carbocycles. The van der Waals surface area contributed by atoms with Crippen LogP contribution in [0.3, 0.4) is 0 Å². The van der Waals surface area contributed by atoms with E-state index in [0.717, 1.165) is 11.3 Å². The molecule has 0 unspecified atom stereocenters. The number of hydrogen-bond acceptors (Lipinski definition) is 5. The summed E-state index contributed by atoms with van der Waals surface area (Å²) in [5, 5.41) is 0. The van der Waals surface area contributed by atoms with Gasteiger partial charge in [0.15, 0.2) is 5.78 Å². The van der Waals surface area contributed by atoms with Gasteiger partial charge in [-0.1, -0.05) is 36.4 Å². The van der Waals surface area contributed by atoms with E-state index in [9.17, 15) is 18.0 Å². The molecule has 168 valence electrons. The fourth-order valence-electron chi connectivity index (χ4n) is 4.03. The molecule has 0 aliphatic heterocycles. The second kappa shape index (κ2) is 9.53. The first-order chi connectivity index (χ1) is 15.2. The van der Waals surface area contributed by atoms with Gasteiger partial charge in [-0.3, -0.25) is 9.59 Å². The predicted molar refractivity (Wildman–Crippen MR) is 122 cm³/mol. The topological polar surface area (TPSA) is 82.4 Å². The van der Waals surface area contributed by atoms with Crippen LogP contribution in [0.4, 0.5) is 0 Å². The molecular formula is C25H27NO5S. The highest BCUT2D eigenvalue weighted by molar-refractivity contribution is 7.91. The second-order valence-electron chi connectivity index (χ2n) is 7.57. The minimum Gasteiger partial charge on any atom is -0.465 e. The average molecular weight is 454 g/mol. The number of benzene rings is 2. The number of carbonyl (C=O) groups is 2. The van der Waals surface area contributed by atoms with Crippen molar-refractivity contribution in [2.45, 2.75) is 50.5 Å². The smallest absolute Gasteiger partial charge is 0.325 e. The molecule has 0 atom stereocenters. The van der Waals surface area contributed by atoms with Gasteiger partial charge in [0.25, 0.3) is 0 Å². The summed E-state index contributed by atoms with van der Waals surface area (Å²) in [6.07, 6.45) is 0.250. The van der Waals surface area contributed by atoms with Gasteiger partial charge in [0.2, 0.25) is 9.84 Å². The van der Waals surface area contributed by atoms with Gasteiger partial charge in [-0.05, 0) is 57.0 Å². The van der Waals surface area contributed by atoms with Crippen molar-refractivity contribution in [1.82, 2.24) is 4.57 Å². The van der Waals surface area contributed by atoms with Gasteiger partial charge in [-0.2, -0.15) is 0 Å². The van der Waals surface area contributed by atoms with E-state index >= 15 is 0 Å². The Kier molecular flexibility index (Phi) is 6.99. The highest BCUT2D eigenvalue weighted by atomic mass is 32.2. The van der Waals surface area contributed by atoms with Crippen molar-refractivity contribution >= 4 is 21.6 Å². The fraction of sp³-hybridized carbons (Fsp3) is 0.280. The number of nitrogens with zero attached hydrogens (tertiary/aromatic N) is 1. The van der Waals surface area contributed by atoms with Crippen molar-refractivity contribution < 1.29 is 22.7 Å². The lowest BCUT2D eigenvalue weighted by atomic mass is 9.98. The van der Waals surface area contributed by atoms with Crippen LogP contribution in [-0.4, -0.2) is 31.3 Å². The highest BCUT2D eigenvalue weighted by Crippen LogP contribution is 2.30. The number of hydrogen-bond donors (Lipinski definition) is 0. The lowest BCUT2D eigenvalue weighted by Gasteiger charge is -2.12. The lowest BCUT2D eigenvalue weighted by Crippen LogP contribution is -2.15. The minimum atomic E-state index is -3.73. The molecule has 0 aliphatic rings. The van der Waals surface area contributed by atoms with E-state index in [1.165, 1.54) is 6.92 Å². The van der Waals surface area contributed by atoms with Crippen LogP contribution in [0.5, 0.6) is 0 Å². The molecule has 0 saturated heterocycles. The number of aromatic nitrogens is 1. The Morgan fingerprint density at radius 2 is 1.56 bits per heavy atom. The Labute approximate surface area is 188 Å². The largest absolute Gasteiger partial charge is 0.465 e. The van der Waals surface area contributed by atoms with Crippen molar-refractivity contribution in [3.05, 3.63) is 82.7 Å². The second-order valence-corrected chi connectivity index (χ2v) is 9.49. The number of esters is 1. The van der Waals surface area contributed by atoms with Gasteiger partial charge >= 0.3 is 5.97 Å². The summed E-state index contributed by atoms with van der Waals surface area (Å²) in [7, 11) is -3.73. The number of rotatable bonds is 8. The summed E-state index contributed by atoms with van der Waals surface area (Å²) < 4.78 is 33.4. The normalized spacial score (nSPS) is 11.4. The summed E-state index contributed by atoms with van der Waals surface area (Å²) in [6.45, 7) is 7.11. The van der Waals surface area contributed by atoms with Crippen LogP contribution in [0.1, 0.15) is 46.7 Å². The van der Waals surface area contributed by atoms with Gasteiger partial charge in [0.05, 0.1) is 16.4 Å². The molecule has 0 radical (unpaired) electrons. The number of sulfone groups is 1. The van der Waals surface area contributed by atoms with Crippen molar-refractivity contribution in [3.8, 4) is 0 Å². The van der Waals surface area contributed by atoms with Crippen molar-refractivity contribution in [2.75, 3.05) is 6.61 Å². The average Bonchev–Trinajstić information content (AvgIpc) is 2.99. The third-order valence-corrected chi connectivity index (χ3v) is 7.41. The molecule has 7 heteroatoms. The molecule has 6 nitrogen and oxygen atoms in total. The maximum absolute atomic E-state index is 13.3. The van der Waals surface area contributed by atoms with Gasteiger partial charge in [-0.15, -0.1) is 0 Å². The standard InChI is InChI=1S/C25H27NO5S/c1-5-31-24(28)16-26-17(2)22(25(18(26)3)19(4)27)15-20-11-9-10-14-23(20)32(29,30)21-12-7-6-8-13-21/h6-14H,5,15-16H2,1-4H3. The molecule has 0 spiro atoms. The van der Waals surface area contributed by atoms with Crippen LogP contribution < -0.4 is 0 Å². The zero-order valence-electron chi connectivity index (χ0n) is 18.7. The van der Waals surface area contributed by atoms with Crippen LogP contribution in [0.25, 0.3) is 0 Å². The first-order valence-electron chi connectivity index (χ1n) is 10.4. The van der Waals surface area contributed by atoms with Gasteiger partial charge < -0.3 is 9.30 Å². The third-order valence-electron chi connectivity index (χ3n) is 5.54. The Morgan fingerprint density at radius 3 is 2.19 bits per heavy atom. The highest BCUT2D eigenvalue weighted by Gasteiger charge is 2.26. The Balaban J connectivity index is 2.11. The number of ether oxygens (including phenoxy) is 1. The van der Waals surface area contributed by atoms with Crippen molar-refractivity contribution in [1.29, 1.82) is 0 Å². The Bertz CT molecular complexity index is 1260. The van der Waals surface area contributed by atoms with Gasteiger partial charge in [0, 0.05) is 23.4 Å². The molecule has 0 aliphatic carbocycles. The first kappa shape index (κ1) is 23.5. The molecule has 0 N–H and O–H groups in total. The SMILES string of the molecule is CCOC(=O)Cn1c(C)c(Cc2ccccc2S(=O)(=O)c2ccccc2)c(C(C)=O)c1C. The summed E-state index contributed by atoms with van der Waals surface area (Å²) >= 11 is 0. The minimum absolute atomic E-state index is 0.00422. The van der Waals surface area contributed by atoms with Gasteiger partial charge in [0.1, 0.15) is 6.54 Å². The molecule has 3 rings (SSSR count). The lowest BCUT2D eigenvalue weighted by molar-refractivity contribution is -0.143. The maximum atomic E-state index is 13.3. The summed E-state index contributed by atoms with van der Waals surface area (Å²) in [6, 6.07) is 15.1. The van der Waals surface area contributed by atoms with E-state index in [0.29, 0.717) is 16.8 Å². The molecule has 32 heavy (non-hydrogen) atoms. The quantitative estimate of drug-likeness (QED) is 0.375. The van der Waals surface area contributed by atoms with Crippen molar-refractivity contribution in [3.63, 3.8) is 0 Å². The van der Waals surface area contributed by atoms with Crippen LogP contribution in [0.15, 0.2) is 64.4 Å². The summed E-state index contributed by atoms with van der Waals surface area (Å²) in [5.41, 5.74) is 3.23. The molecular weight excluding hydrogens is 426 g/mol. The first-order valence-corrected chi connectivity index (χ1v) is 11.9. The number of Topliss-reactive ketones (excluding diaryl/α,β-unsaturated/α-hetero) is 1. The monoisotopic (exact) mass is 453 g/mol. The molecule has 1 heterocycles. The zero-order chi connectivity index (χ0) is 23.5. The Morgan fingerprint density at radius 1 is 0.938 bits per heavy atom. The maximum Gasteiger partial charge on any atom is 0.325 e. The fourth-order valence-corrected chi connectivity index (χ4v) is 5.55. The molecule has 0 amide bonds. The Hall–Kier alpha value is -3.19. The molecule has 0 bridgehead atoms. The number of carbonyl (C=O) groups excluding carboxylic acids is 2. The third kappa shape index (κ3) is 4.53. The predicted octanol–water partition coefficient (Wildman–Crippen LogP) is 4.29. The number of ketones is 1. The van der Waals surface area contributed by atoms with E-state index < -0.39 is 9.84 Å². The van der Waals surface area contributed by atoms with Gasteiger partial charge in [-0.25, -0.2) is 8.42 Å². The van der Waals surface area contributed by atoms with E-state index in [1.54, 1.807) is 73.0 Å². The van der Waals surface area contributed by atoms with Crippen LogP contribution in [0.2, 0.25) is 0 Å². The van der Waals surface area contributed by atoms with Crippen molar-refractivity contribution in [2.24, 2.45) is 0 Å². The zero-order valence-corrected chi connectivity index (χ0v) is 19.5. The van der Waals surface area contributed by atoms with Crippen LogP contribution in [-0.2, 0) is 32.3 Å². The summed E-state index contributed by atoms with van der Waals surface area (Å²) in [5.74, 6) is -0.519. The van der Waals surface area contributed by atoms with E-state index in [1.807, 2.05) is 6.92 Å². The van der Waals surface area contributed by atoms with Crippen LogP contribution >= 0.6 is 0 Å². The van der Waals surface area contributed by atoms with Crippen LogP contribution in [0, 0.1) is 13.8 Å². The molecule has 3 aromatic rings. The molecule has 0 saturated carbocycles. The summed E-state index contributed by atoms with van der Waals surface area (Å²) in [4.78, 5) is 25.0. The van der Waals surface area contributed by atoms with E-state index in [-0.39, 0.29) is 41.1 Å². The molecule has 1 aromatic heterocycles.